The van der Waals surface area contributed by atoms with Gasteiger partial charge in [0, 0.05) is 20.6 Å². The number of halogens is 2. The number of hydrogen-bond donors (Lipinski definition) is 2. The van der Waals surface area contributed by atoms with Crippen LogP contribution in [0, 0.1) is 5.82 Å². The molecule has 0 aliphatic rings. The van der Waals surface area contributed by atoms with Gasteiger partial charge in [-0.25, -0.2) is 9.38 Å². The summed E-state index contributed by atoms with van der Waals surface area (Å²) in [5, 5.41) is 6.23. The molecular formula is C18H28FIN4O2. The van der Waals surface area contributed by atoms with Crippen LogP contribution in [0.2, 0.25) is 0 Å². The van der Waals surface area contributed by atoms with Crippen molar-refractivity contribution in [2.75, 3.05) is 33.7 Å². The third-order valence-corrected chi connectivity index (χ3v) is 3.14. The van der Waals surface area contributed by atoms with E-state index in [9.17, 15) is 9.18 Å². The fourth-order valence-electron chi connectivity index (χ4n) is 1.72. The third kappa shape index (κ3) is 10.2. The number of rotatable bonds is 8. The molecule has 0 fully saturated rings. The molecule has 1 atom stereocenters. The summed E-state index contributed by atoms with van der Waals surface area (Å²) in [5.41, 5.74) is 0.948. The van der Waals surface area contributed by atoms with E-state index in [-0.39, 0.29) is 48.3 Å². The first-order valence-electron chi connectivity index (χ1n) is 8.07. The molecule has 26 heavy (non-hydrogen) atoms. The van der Waals surface area contributed by atoms with Crippen molar-refractivity contribution >= 4 is 35.8 Å². The van der Waals surface area contributed by atoms with Crippen LogP contribution in [0.1, 0.15) is 13.8 Å². The quantitative estimate of drug-likeness (QED) is 0.261. The van der Waals surface area contributed by atoms with Crippen LogP contribution >= 0.6 is 24.0 Å². The van der Waals surface area contributed by atoms with Crippen molar-refractivity contribution in [2.45, 2.75) is 20.0 Å². The van der Waals surface area contributed by atoms with E-state index in [4.69, 9.17) is 4.74 Å². The summed E-state index contributed by atoms with van der Waals surface area (Å²) in [6, 6.07) is 5.86. The van der Waals surface area contributed by atoms with E-state index in [0.717, 1.165) is 5.57 Å². The van der Waals surface area contributed by atoms with E-state index < -0.39 is 0 Å². The van der Waals surface area contributed by atoms with Gasteiger partial charge < -0.3 is 20.3 Å². The van der Waals surface area contributed by atoms with E-state index in [1.165, 1.54) is 17.0 Å². The van der Waals surface area contributed by atoms with Gasteiger partial charge in [-0.05, 0) is 38.1 Å². The van der Waals surface area contributed by atoms with Gasteiger partial charge in [-0.2, -0.15) is 0 Å². The number of aliphatic imine (C=N–C) groups is 1. The standard InChI is InChI=1S/C18H27FN4O2.HI/c1-13(2)10-20-18(22-12-17(24)23(4)5)21-11-14(3)25-16-8-6-15(19)7-9-16;/h6-9,14H,1,10-12H2,2-5H3,(H2,20,21,22);1H. The number of hydrogen-bond acceptors (Lipinski definition) is 3. The zero-order valence-corrected chi connectivity index (χ0v) is 18.0. The molecule has 1 unspecified atom stereocenters. The Kier molecular flexibility index (Phi) is 11.6. The Balaban J connectivity index is 0.00000625. The molecule has 0 heterocycles. The molecule has 0 spiro atoms. The molecule has 0 radical (unpaired) electrons. The van der Waals surface area contributed by atoms with Gasteiger partial charge in [0.1, 0.15) is 24.2 Å². The summed E-state index contributed by atoms with van der Waals surface area (Å²) in [6.07, 6.45) is -0.174. The minimum absolute atomic E-state index is 0. The first-order valence-corrected chi connectivity index (χ1v) is 8.07. The molecule has 1 aromatic carbocycles. The minimum Gasteiger partial charge on any atom is -0.489 e. The predicted octanol–water partition coefficient (Wildman–Crippen LogP) is 2.41. The van der Waals surface area contributed by atoms with Crippen LogP contribution in [0.3, 0.4) is 0 Å². The first kappa shape index (κ1) is 24.2. The molecule has 8 heteroatoms. The van der Waals surface area contributed by atoms with Crippen LogP contribution in [-0.4, -0.2) is 56.6 Å². The Labute approximate surface area is 171 Å². The second kappa shape index (κ2) is 12.5. The van der Waals surface area contributed by atoms with Crippen molar-refractivity contribution in [2.24, 2.45) is 4.99 Å². The lowest BCUT2D eigenvalue weighted by atomic mass is 10.3. The van der Waals surface area contributed by atoms with Gasteiger partial charge in [-0.1, -0.05) is 12.2 Å². The summed E-state index contributed by atoms with van der Waals surface area (Å²) in [5.74, 6) is 0.703. The average Bonchev–Trinajstić information content (AvgIpc) is 2.55. The maximum atomic E-state index is 12.9. The van der Waals surface area contributed by atoms with Crippen LogP contribution < -0.4 is 15.4 Å². The molecule has 1 amide bonds. The van der Waals surface area contributed by atoms with Crippen LogP contribution in [-0.2, 0) is 4.79 Å². The molecular weight excluding hydrogens is 450 g/mol. The van der Waals surface area contributed by atoms with Gasteiger partial charge in [0.15, 0.2) is 5.96 Å². The fraction of sp³-hybridized carbons (Fsp3) is 0.444. The van der Waals surface area contributed by atoms with Crippen molar-refractivity contribution in [3.63, 3.8) is 0 Å². The number of amides is 1. The van der Waals surface area contributed by atoms with Gasteiger partial charge in [0.05, 0.1) is 6.54 Å². The monoisotopic (exact) mass is 478 g/mol. The van der Waals surface area contributed by atoms with E-state index in [2.05, 4.69) is 22.2 Å². The molecule has 0 saturated heterocycles. The SMILES string of the molecule is C=C(C)CNC(=NCC(=O)N(C)C)NCC(C)Oc1ccc(F)cc1.I. The normalized spacial score (nSPS) is 11.8. The number of guanidine groups is 1. The lowest BCUT2D eigenvalue weighted by molar-refractivity contribution is -0.127. The molecule has 6 nitrogen and oxygen atoms in total. The molecule has 0 bridgehead atoms. The largest absolute Gasteiger partial charge is 0.489 e. The second-order valence-electron chi connectivity index (χ2n) is 6.03. The number of likely N-dealkylation sites (N-methyl/N-ethyl adjacent to an activating group) is 1. The Morgan fingerprint density at radius 1 is 1.31 bits per heavy atom. The van der Waals surface area contributed by atoms with Gasteiger partial charge in [-0.3, -0.25) is 4.79 Å². The highest BCUT2D eigenvalue weighted by atomic mass is 127. The number of nitrogens with zero attached hydrogens (tertiary/aromatic N) is 2. The topological polar surface area (TPSA) is 66.0 Å². The maximum absolute atomic E-state index is 12.9. The van der Waals surface area contributed by atoms with Gasteiger partial charge in [0.25, 0.3) is 0 Å². The highest BCUT2D eigenvalue weighted by Crippen LogP contribution is 2.12. The third-order valence-electron chi connectivity index (χ3n) is 3.14. The maximum Gasteiger partial charge on any atom is 0.243 e. The molecule has 1 rings (SSSR count). The molecule has 2 N–H and O–H groups in total. The summed E-state index contributed by atoms with van der Waals surface area (Å²) in [7, 11) is 3.37. The molecule has 0 saturated carbocycles. The van der Waals surface area contributed by atoms with Crippen molar-refractivity contribution < 1.29 is 13.9 Å². The summed E-state index contributed by atoms with van der Waals surface area (Å²) in [6.45, 7) is 8.68. The van der Waals surface area contributed by atoms with E-state index in [0.29, 0.717) is 24.8 Å². The Morgan fingerprint density at radius 2 is 1.92 bits per heavy atom. The molecule has 1 aromatic rings. The van der Waals surface area contributed by atoms with Crippen molar-refractivity contribution in [3.8, 4) is 5.75 Å². The summed E-state index contributed by atoms with van der Waals surface area (Å²) >= 11 is 0. The lowest BCUT2D eigenvalue weighted by Crippen LogP contribution is -2.43. The van der Waals surface area contributed by atoms with Crippen LogP contribution in [0.25, 0.3) is 0 Å². The number of benzene rings is 1. The zero-order valence-electron chi connectivity index (χ0n) is 15.7. The van der Waals surface area contributed by atoms with Gasteiger partial charge in [-0.15, -0.1) is 24.0 Å². The highest BCUT2D eigenvalue weighted by molar-refractivity contribution is 14.0. The molecule has 146 valence electrons. The average molecular weight is 478 g/mol. The Bertz CT molecular complexity index is 606. The van der Waals surface area contributed by atoms with E-state index >= 15 is 0 Å². The zero-order chi connectivity index (χ0) is 18.8. The Hall–Kier alpha value is -1.84. The minimum atomic E-state index is -0.304. The molecule has 0 aliphatic heterocycles. The summed E-state index contributed by atoms with van der Waals surface area (Å²) in [4.78, 5) is 17.4. The first-order chi connectivity index (χ1) is 11.8. The molecule has 0 aromatic heterocycles. The van der Waals surface area contributed by atoms with Crippen LogP contribution in [0.15, 0.2) is 41.4 Å². The number of carbonyl (C=O) groups is 1. The summed E-state index contributed by atoms with van der Waals surface area (Å²) < 4.78 is 18.6. The van der Waals surface area contributed by atoms with Crippen molar-refractivity contribution in [1.29, 1.82) is 0 Å². The number of carbonyl (C=O) groups excluding carboxylic acids is 1. The lowest BCUT2D eigenvalue weighted by Gasteiger charge is -2.18. The van der Waals surface area contributed by atoms with E-state index in [1.54, 1.807) is 26.2 Å². The Morgan fingerprint density at radius 3 is 2.46 bits per heavy atom. The molecule has 0 aliphatic carbocycles. The van der Waals surface area contributed by atoms with Gasteiger partial charge in [0.2, 0.25) is 5.91 Å². The second-order valence-corrected chi connectivity index (χ2v) is 6.03. The van der Waals surface area contributed by atoms with Crippen LogP contribution in [0.5, 0.6) is 5.75 Å². The fourth-order valence-corrected chi connectivity index (χ4v) is 1.72. The predicted molar refractivity (Wildman–Crippen MR) is 114 cm³/mol. The number of ether oxygens (including phenoxy) is 1. The number of nitrogens with one attached hydrogen (secondary N) is 2. The van der Waals surface area contributed by atoms with E-state index in [1.807, 2.05) is 13.8 Å². The van der Waals surface area contributed by atoms with Crippen molar-refractivity contribution in [1.82, 2.24) is 15.5 Å². The van der Waals surface area contributed by atoms with Gasteiger partial charge >= 0.3 is 0 Å². The smallest absolute Gasteiger partial charge is 0.243 e. The van der Waals surface area contributed by atoms with Crippen molar-refractivity contribution in [3.05, 3.63) is 42.2 Å². The highest BCUT2D eigenvalue weighted by Gasteiger charge is 2.08. The van der Waals surface area contributed by atoms with Crippen LogP contribution in [0.4, 0.5) is 4.39 Å².